The van der Waals surface area contributed by atoms with Gasteiger partial charge >= 0.3 is 0 Å². The Morgan fingerprint density at radius 2 is 1.93 bits per heavy atom. The molecule has 1 atom stereocenters. The van der Waals surface area contributed by atoms with Gasteiger partial charge in [-0.25, -0.2) is 0 Å². The Morgan fingerprint density at radius 1 is 1.15 bits per heavy atom. The van der Waals surface area contributed by atoms with E-state index in [1.807, 2.05) is 33.8 Å². The monoisotopic (exact) mass is 363 g/mol. The first-order chi connectivity index (χ1) is 13.1. The van der Waals surface area contributed by atoms with Crippen LogP contribution in [0.5, 0.6) is 0 Å². The molecule has 140 valence electrons. The Bertz CT molecular complexity index is 970. The average molecular weight is 363 g/mol. The van der Waals surface area contributed by atoms with Crippen molar-refractivity contribution in [1.29, 1.82) is 0 Å². The fraction of sp³-hybridized carbons (Fsp3) is 0.381. The Balaban J connectivity index is 1.74. The molecule has 0 saturated carbocycles. The van der Waals surface area contributed by atoms with Gasteiger partial charge in [0.2, 0.25) is 5.91 Å². The lowest BCUT2D eigenvalue weighted by Gasteiger charge is -2.22. The molecule has 1 amide bonds. The Kier molecular flexibility index (Phi) is 4.56. The summed E-state index contributed by atoms with van der Waals surface area (Å²) in [6.45, 7) is 7.91. The summed E-state index contributed by atoms with van der Waals surface area (Å²) in [4.78, 5) is 12.3. The molecule has 1 aliphatic heterocycles. The van der Waals surface area contributed by atoms with Crippen molar-refractivity contribution < 1.29 is 4.79 Å². The van der Waals surface area contributed by atoms with Crippen LogP contribution in [0.15, 0.2) is 36.5 Å². The molecule has 3 aromatic rings. The predicted molar refractivity (Wildman–Crippen MR) is 105 cm³/mol. The van der Waals surface area contributed by atoms with E-state index in [0.717, 1.165) is 35.5 Å². The lowest BCUT2D eigenvalue weighted by Crippen LogP contribution is -2.23. The molecule has 1 unspecified atom stereocenters. The van der Waals surface area contributed by atoms with Gasteiger partial charge in [-0.15, -0.1) is 0 Å². The van der Waals surface area contributed by atoms with Crippen molar-refractivity contribution in [3.8, 4) is 0 Å². The molecule has 4 rings (SSSR count). The number of aryl methyl sites for hydroxylation is 1. The molecule has 0 saturated heterocycles. The van der Waals surface area contributed by atoms with E-state index in [1.54, 1.807) is 0 Å². The van der Waals surface area contributed by atoms with Crippen LogP contribution in [0.2, 0.25) is 0 Å². The third kappa shape index (κ3) is 3.16. The van der Waals surface area contributed by atoms with Gasteiger partial charge in [-0.2, -0.15) is 10.2 Å². The van der Waals surface area contributed by atoms with Crippen LogP contribution in [0, 0.1) is 13.8 Å². The molecule has 0 fully saturated rings. The van der Waals surface area contributed by atoms with E-state index >= 15 is 0 Å². The van der Waals surface area contributed by atoms with E-state index in [4.69, 9.17) is 5.10 Å². The zero-order valence-corrected chi connectivity index (χ0v) is 16.1. The highest BCUT2D eigenvalue weighted by Gasteiger charge is 2.33. The third-order valence-electron chi connectivity index (χ3n) is 5.38. The van der Waals surface area contributed by atoms with Crippen LogP contribution in [-0.4, -0.2) is 25.5 Å². The van der Waals surface area contributed by atoms with E-state index in [-0.39, 0.29) is 11.8 Å². The topological polar surface area (TPSA) is 64.7 Å². The second-order valence-electron chi connectivity index (χ2n) is 7.20. The number of rotatable bonds is 5. The van der Waals surface area contributed by atoms with Gasteiger partial charge in [-0.3, -0.25) is 14.2 Å². The van der Waals surface area contributed by atoms with Crippen LogP contribution in [0.25, 0.3) is 0 Å². The SMILES string of the molecule is CCCn1ncc(C2CC(=O)Nc3nn(Cc4ccccc4)c(C)c32)c1C. The number of carbonyl (C=O) groups excluding carboxylic acids is 1. The summed E-state index contributed by atoms with van der Waals surface area (Å²) in [6.07, 6.45) is 3.39. The highest BCUT2D eigenvalue weighted by molar-refractivity contribution is 5.94. The summed E-state index contributed by atoms with van der Waals surface area (Å²) >= 11 is 0. The van der Waals surface area contributed by atoms with Gasteiger partial charge in [-0.1, -0.05) is 37.3 Å². The van der Waals surface area contributed by atoms with E-state index in [2.05, 4.69) is 43.3 Å². The smallest absolute Gasteiger partial charge is 0.226 e. The van der Waals surface area contributed by atoms with Crippen LogP contribution in [0.1, 0.15) is 53.8 Å². The van der Waals surface area contributed by atoms with Crippen molar-refractivity contribution >= 4 is 11.7 Å². The first-order valence-corrected chi connectivity index (χ1v) is 9.51. The number of anilines is 1. The molecule has 1 aromatic carbocycles. The summed E-state index contributed by atoms with van der Waals surface area (Å²) in [6, 6.07) is 10.3. The summed E-state index contributed by atoms with van der Waals surface area (Å²) in [5, 5.41) is 12.2. The number of nitrogens with zero attached hydrogens (tertiary/aromatic N) is 4. The molecule has 2 aromatic heterocycles. The lowest BCUT2D eigenvalue weighted by atomic mass is 9.86. The minimum absolute atomic E-state index is 0.00359. The maximum Gasteiger partial charge on any atom is 0.226 e. The highest BCUT2D eigenvalue weighted by Crippen LogP contribution is 2.40. The number of hydrogen-bond acceptors (Lipinski definition) is 3. The number of aromatic nitrogens is 4. The standard InChI is InChI=1S/C21H25N5O/c1-4-10-25-14(2)18(12-22-25)17-11-19(27)23-21-20(17)15(3)26(24-21)13-16-8-6-5-7-9-16/h5-9,12,17H,4,10-11,13H2,1-3H3,(H,23,24,27). The molecule has 3 heterocycles. The van der Waals surface area contributed by atoms with Crippen molar-refractivity contribution in [2.45, 2.75) is 52.6 Å². The van der Waals surface area contributed by atoms with Crippen LogP contribution < -0.4 is 5.32 Å². The van der Waals surface area contributed by atoms with Crippen LogP contribution in [0.4, 0.5) is 5.82 Å². The molecular formula is C21H25N5O. The summed E-state index contributed by atoms with van der Waals surface area (Å²) < 4.78 is 4.02. The van der Waals surface area contributed by atoms with E-state index in [0.29, 0.717) is 18.8 Å². The first-order valence-electron chi connectivity index (χ1n) is 9.51. The quantitative estimate of drug-likeness (QED) is 0.753. The van der Waals surface area contributed by atoms with E-state index in [9.17, 15) is 4.79 Å². The Labute approximate surface area is 159 Å². The van der Waals surface area contributed by atoms with Gasteiger partial charge < -0.3 is 5.32 Å². The normalized spacial score (nSPS) is 16.3. The highest BCUT2D eigenvalue weighted by atomic mass is 16.1. The fourth-order valence-electron chi connectivity index (χ4n) is 3.96. The van der Waals surface area contributed by atoms with Crippen molar-refractivity contribution in [1.82, 2.24) is 19.6 Å². The van der Waals surface area contributed by atoms with E-state index in [1.165, 1.54) is 5.56 Å². The molecule has 27 heavy (non-hydrogen) atoms. The molecule has 0 bridgehead atoms. The lowest BCUT2D eigenvalue weighted by molar-refractivity contribution is -0.116. The minimum Gasteiger partial charge on any atom is -0.309 e. The molecule has 0 aliphatic carbocycles. The second kappa shape index (κ2) is 7.02. The number of benzene rings is 1. The molecular weight excluding hydrogens is 338 g/mol. The number of carbonyl (C=O) groups is 1. The molecule has 1 N–H and O–H groups in total. The summed E-state index contributed by atoms with van der Waals surface area (Å²) in [5.74, 6) is 0.704. The molecule has 6 heteroatoms. The zero-order chi connectivity index (χ0) is 19.0. The maximum atomic E-state index is 12.3. The number of nitrogens with one attached hydrogen (secondary N) is 1. The van der Waals surface area contributed by atoms with Crippen molar-refractivity contribution in [2.75, 3.05) is 5.32 Å². The number of hydrogen-bond donors (Lipinski definition) is 1. The Morgan fingerprint density at radius 3 is 2.67 bits per heavy atom. The second-order valence-corrected chi connectivity index (χ2v) is 7.20. The maximum absolute atomic E-state index is 12.3. The van der Waals surface area contributed by atoms with Crippen LogP contribution >= 0.6 is 0 Å². The van der Waals surface area contributed by atoms with Crippen molar-refractivity contribution in [3.63, 3.8) is 0 Å². The Hall–Kier alpha value is -2.89. The molecule has 6 nitrogen and oxygen atoms in total. The van der Waals surface area contributed by atoms with Gasteiger partial charge in [-0.05, 0) is 25.8 Å². The van der Waals surface area contributed by atoms with Gasteiger partial charge in [0.15, 0.2) is 5.82 Å². The predicted octanol–water partition coefficient (Wildman–Crippen LogP) is 3.63. The zero-order valence-electron chi connectivity index (χ0n) is 16.1. The van der Waals surface area contributed by atoms with Crippen molar-refractivity contribution in [2.24, 2.45) is 0 Å². The molecule has 0 radical (unpaired) electrons. The first kappa shape index (κ1) is 17.5. The van der Waals surface area contributed by atoms with Crippen LogP contribution in [0.3, 0.4) is 0 Å². The molecule has 1 aliphatic rings. The fourth-order valence-corrected chi connectivity index (χ4v) is 3.96. The van der Waals surface area contributed by atoms with E-state index < -0.39 is 0 Å². The summed E-state index contributed by atoms with van der Waals surface area (Å²) in [5.41, 5.74) is 5.67. The summed E-state index contributed by atoms with van der Waals surface area (Å²) in [7, 11) is 0. The van der Waals surface area contributed by atoms with Crippen molar-refractivity contribution in [3.05, 3.63) is 64.6 Å². The van der Waals surface area contributed by atoms with Gasteiger partial charge in [0, 0.05) is 41.4 Å². The van der Waals surface area contributed by atoms with Gasteiger partial charge in [0.1, 0.15) is 0 Å². The number of fused-ring (bicyclic) bond motifs is 1. The minimum atomic E-state index is 0.00359. The number of amides is 1. The van der Waals surface area contributed by atoms with Gasteiger partial charge in [0.05, 0.1) is 12.7 Å². The molecule has 0 spiro atoms. The third-order valence-corrected chi connectivity index (χ3v) is 5.38. The van der Waals surface area contributed by atoms with Gasteiger partial charge in [0.25, 0.3) is 0 Å². The van der Waals surface area contributed by atoms with Crippen LogP contribution in [-0.2, 0) is 17.9 Å². The largest absolute Gasteiger partial charge is 0.309 e. The average Bonchev–Trinajstić information content (AvgIpc) is 3.16.